The minimum Gasteiger partial charge on any atom is -0.497 e. The Morgan fingerprint density at radius 2 is 1.93 bits per heavy atom. The number of anilines is 1. The van der Waals surface area contributed by atoms with Gasteiger partial charge in [-0.2, -0.15) is 0 Å². The molecule has 1 amide bonds. The Labute approximate surface area is 176 Å². The lowest BCUT2D eigenvalue weighted by Crippen LogP contribution is -3.15. The third kappa shape index (κ3) is 3.67. The fraction of sp³-hybridized carbons (Fsp3) is 0.417. The van der Waals surface area contributed by atoms with E-state index in [1.54, 1.807) is 36.3 Å². The van der Waals surface area contributed by atoms with E-state index in [2.05, 4.69) is 16.0 Å². The first kappa shape index (κ1) is 19.1. The highest BCUT2D eigenvalue weighted by molar-refractivity contribution is 6.05. The largest absolute Gasteiger partial charge is 0.497 e. The van der Waals surface area contributed by atoms with Gasteiger partial charge in [0.25, 0.3) is 5.91 Å². The number of methoxy groups -OCH3 is 1. The van der Waals surface area contributed by atoms with Gasteiger partial charge in [0, 0.05) is 11.3 Å². The zero-order valence-electron chi connectivity index (χ0n) is 17.5. The normalized spacial score (nSPS) is 19.4. The minimum absolute atomic E-state index is 0.131. The van der Waals surface area contributed by atoms with E-state index < -0.39 is 0 Å². The summed E-state index contributed by atoms with van der Waals surface area (Å²) in [5, 5.41) is 2.99. The molecule has 0 saturated heterocycles. The lowest BCUT2D eigenvalue weighted by molar-refractivity contribution is -0.944. The molecule has 2 heterocycles. The van der Waals surface area contributed by atoms with Gasteiger partial charge in [-0.1, -0.05) is 6.42 Å². The van der Waals surface area contributed by atoms with Crippen LogP contribution in [0.4, 0.5) is 5.69 Å². The van der Waals surface area contributed by atoms with Crippen molar-refractivity contribution in [3.05, 3.63) is 53.9 Å². The highest BCUT2D eigenvalue weighted by Crippen LogP contribution is 2.23. The Morgan fingerprint density at radius 3 is 2.70 bits per heavy atom. The molecule has 0 radical (unpaired) electrons. The van der Waals surface area contributed by atoms with Crippen molar-refractivity contribution in [1.82, 2.24) is 9.55 Å². The van der Waals surface area contributed by atoms with Gasteiger partial charge in [-0.25, -0.2) is 4.98 Å². The molecule has 0 spiro atoms. The first-order valence-electron chi connectivity index (χ1n) is 11.0. The molecule has 6 nitrogen and oxygen atoms in total. The van der Waals surface area contributed by atoms with E-state index in [1.165, 1.54) is 44.5 Å². The number of nitrogens with zero attached hydrogens (tertiary/aromatic N) is 2. The molecule has 1 aliphatic heterocycles. The molecule has 0 bridgehead atoms. The second-order valence-corrected chi connectivity index (χ2v) is 8.49. The van der Waals surface area contributed by atoms with Crippen LogP contribution in [0.5, 0.6) is 5.75 Å². The second-order valence-electron chi connectivity index (χ2n) is 8.49. The number of amides is 1. The quantitative estimate of drug-likeness (QED) is 0.701. The van der Waals surface area contributed by atoms with Crippen molar-refractivity contribution in [3.8, 4) is 5.75 Å². The van der Waals surface area contributed by atoms with Gasteiger partial charge < -0.3 is 19.5 Å². The average molecular weight is 406 g/mol. The van der Waals surface area contributed by atoms with E-state index in [9.17, 15) is 4.79 Å². The monoisotopic (exact) mass is 405 g/mol. The van der Waals surface area contributed by atoms with Crippen LogP contribution in [0.25, 0.3) is 11.0 Å². The lowest BCUT2D eigenvalue weighted by Gasteiger charge is -2.34. The van der Waals surface area contributed by atoms with E-state index in [0.717, 1.165) is 41.6 Å². The van der Waals surface area contributed by atoms with Crippen LogP contribution < -0.4 is 15.0 Å². The SMILES string of the molecule is COc1ccc(C(=O)Nc2ccc3c(c2)nc2n3CC[NH+](C3CCCCC3)C2)cc1. The van der Waals surface area contributed by atoms with E-state index >= 15 is 0 Å². The molecule has 1 fully saturated rings. The van der Waals surface area contributed by atoms with Crippen LogP contribution in [0.15, 0.2) is 42.5 Å². The van der Waals surface area contributed by atoms with Gasteiger partial charge in [0.2, 0.25) is 0 Å². The van der Waals surface area contributed by atoms with Gasteiger partial charge in [-0.15, -0.1) is 0 Å². The molecule has 2 N–H and O–H groups in total. The van der Waals surface area contributed by atoms with Crippen molar-refractivity contribution in [2.45, 2.75) is 51.2 Å². The van der Waals surface area contributed by atoms with Crippen LogP contribution in [0.2, 0.25) is 0 Å². The van der Waals surface area contributed by atoms with Gasteiger partial charge in [-0.3, -0.25) is 4.79 Å². The second kappa shape index (κ2) is 8.11. The fourth-order valence-corrected chi connectivity index (χ4v) is 4.99. The van der Waals surface area contributed by atoms with Gasteiger partial charge >= 0.3 is 0 Å². The first-order valence-corrected chi connectivity index (χ1v) is 11.0. The zero-order valence-corrected chi connectivity index (χ0v) is 17.5. The number of quaternary nitrogens is 1. The predicted octanol–water partition coefficient (Wildman–Crippen LogP) is 3.03. The summed E-state index contributed by atoms with van der Waals surface area (Å²) in [7, 11) is 1.62. The summed E-state index contributed by atoms with van der Waals surface area (Å²) in [4.78, 5) is 19.2. The van der Waals surface area contributed by atoms with Crippen molar-refractivity contribution in [2.24, 2.45) is 0 Å². The maximum atomic E-state index is 12.6. The van der Waals surface area contributed by atoms with Crippen LogP contribution in [0.1, 0.15) is 48.3 Å². The van der Waals surface area contributed by atoms with Crippen molar-refractivity contribution < 1.29 is 14.4 Å². The number of carbonyl (C=O) groups is 1. The van der Waals surface area contributed by atoms with Crippen molar-refractivity contribution in [2.75, 3.05) is 19.0 Å². The molecular weight excluding hydrogens is 376 g/mol. The molecule has 1 aromatic heterocycles. The number of fused-ring (bicyclic) bond motifs is 3. The molecule has 156 valence electrons. The molecule has 2 aromatic carbocycles. The summed E-state index contributed by atoms with van der Waals surface area (Å²) in [5.41, 5.74) is 3.50. The molecule has 6 heteroatoms. The minimum atomic E-state index is -0.131. The maximum Gasteiger partial charge on any atom is 0.255 e. The van der Waals surface area contributed by atoms with Gasteiger partial charge in [0.05, 0.1) is 37.3 Å². The molecule has 1 atom stereocenters. The van der Waals surface area contributed by atoms with Gasteiger partial charge in [0.1, 0.15) is 12.3 Å². The summed E-state index contributed by atoms with van der Waals surface area (Å²) in [6.07, 6.45) is 6.87. The molecule has 1 saturated carbocycles. The number of aromatic nitrogens is 2. The number of benzene rings is 2. The topological polar surface area (TPSA) is 60.6 Å². The average Bonchev–Trinajstić information content (AvgIpc) is 3.16. The smallest absolute Gasteiger partial charge is 0.255 e. The van der Waals surface area contributed by atoms with Gasteiger partial charge in [0.15, 0.2) is 5.82 Å². The molecule has 2 aliphatic rings. The van der Waals surface area contributed by atoms with Crippen LogP contribution in [-0.4, -0.2) is 35.2 Å². The summed E-state index contributed by atoms with van der Waals surface area (Å²) in [6.45, 7) is 3.21. The fourth-order valence-electron chi connectivity index (χ4n) is 4.99. The van der Waals surface area contributed by atoms with Gasteiger partial charge in [-0.05, 0) is 68.1 Å². The molecule has 1 unspecified atom stereocenters. The highest BCUT2D eigenvalue weighted by Gasteiger charge is 2.30. The molecular formula is C24H29N4O2+. The maximum absolute atomic E-state index is 12.6. The number of hydrogen-bond donors (Lipinski definition) is 2. The highest BCUT2D eigenvalue weighted by atomic mass is 16.5. The summed E-state index contributed by atoms with van der Waals surface area (Å²) in [5.74, 6) is 1.78. The van der Waals surface area contributed by atoms with Crippen molar-refractivity contribution in [1.29, 1.82) is 0 Å². The van der Waals surface area contributed by atoms with E-state index in [-0.39, 0.29) is 5.91 Å². The summed E-state index contributed by atoms with van der Waals surface area (Å²) >= 11 is 0. The van der Waals surface area contributed by atoms with Crippen LogP contribution in [0, 0.1) is 0 Å². The lowest BCUT2D eigenvalue weighted by atomic mass is 9.94. The number of imidazole rings is 1. The molecule has 1 aliphatic carbocycles. The van der Waals surface area contributed by atoms with Crippen LogP contribution in [-0.2, 0) is 13.1 Å². The standard InChI is InChI=1S/C24H28N4O2/c1-30-20-10-7-17(8-11-20)24(29)25-18-9-12-22-21(15-18)26-23-16-27(13-14-28(22)23)19-5-3-2-4-6-19/h7-12,15,19H,2-6,13-14,16H2,1H3,(H,25,29)/p+1. The third-order valence-electron chi connectivity index (χ3n) is 6.66. The number of ether oxygens (including phenoxy) is 1. The molecule has 3 aromatic rings. The van der Waals surface area contributed by atoms with Crippen molar-refractivity contribution in [3.63, 3.8) is 0 Å². The van der Waals surface area contributed by atoms with E-state index in [0.29, 0.717) is 5.56 Å². The Balaban J connectivity index is 1.33. The van der Waals surface area contributed by atoms with Crippen LogP contribution >= 0.6 is 0 Å². The Kier molecular flexibility index (Phi) is 5.17. The van der Waals surface area contributed by atoms with E-state index in [1.807, 2.05) is 12.1 Å². The predicted molar refractivity (Wildman–Crippen MR) is 117 cm³/mol. The number of rotatable bonds is 4. The number of nitrogens with one attached hydrogen (secondary N) is 2. The Morgan fingerprint density at radius 1 is 1.13 bits per heavy atom. The summed E-state index contributed by atoms with van der Waals surface area (Å²) < 4.78 is 7.52. The number of carbonyl (C=O) groups excluding carboxylic acids is 1. The van der Waals surface area contributed by atoms with Crippen LogP contribution in [0.3, 0.4) is 0 Å². The van der Waals surface area contributed by atoms with E-state index in [4.69, 9.17) is 9.72 Å². The molecule has 30 heavy (non-hydrogen) atoms. The Bertz CT molecular complexity index is 1050. The van der Waals surface area contributed by atoms with Crippen molar-refractivity contribution >= 4 is 22.6 Å². The molecule has 5 rings (SSSR count). The zero-order chi connectivity index (χ0) is 20.5. The Hall–Kier alpha value is -2.86. The summed E-state index contributed by atoms with van der Waals surface area (Å²) in [6, 6.07) is 14.0. The third-order valence-corrected chi connectivity index (χ3v) is 6.66. The number of hydrogen-bond acceptors (Lipinski definition) is 3. The first-order chi connectivity index (χ1) is 14.7.